The van der Waals surface area contributed by atoms with E-state index in [1.807, 2.05) is 6.55 Å². The molecule has 0 aliphatic heterocycles. The summed E-state index contributed by atoms with van der Waals surface area (Å²) in [5.74, 6) is 0. The lowest BCUT2D eigenvalue weighted by atomic mass is 9.96. The smallest absolute Gasteiger partial charge is 0.377 e. The molecule has 0 aromatic rings. The van der Waals surface area contributed by atoms with Gasteiger partial charge >= 0.3 is 8.80 Å². The Labute approximate surface area is 100 Å². The van der Waals surface area contributed by atoms with E-state index < -0.39 is 8.80 Å². The molecule has 0 aromatic carbocycles. The predicted octanol–water partition coefficient (Wildman–Crippen LogP) is 1.79. The first-order valence-electron chi connectivity index (χ1n) is 6.18. The number of hydrogen-bond donors (Lipinski definition) is 1. The number of hydrogen-bond acceptors (Lipinski definition) is 4. The van der Waals surface area contributed by atoms with Crippen LogP contribution in [0.4, 0.5) is 0 Å². The van der Waals surface area contributed by atoms with Crippen LogP contribution in [-0.4, -0.2) is 42.2 Å². The van der Waals surface area contributed by atoms with E-state index >= 15 is 0 Å². The van der Waals surface area contributed by atoms with Crippen molar-refractivity contribution in [2.45, 2.75) is 44.7 Å². The van der Waals surface area contributed by atoms with Crippen molar-refractivity contribution in [1.82, 2.24) is 5.32 Å². The fourth-order valence-corrected chi connectivity index (χ4v) is 2.88. The molecule has 16 heavy (non-hydrogen) atoms. The molecule has 0 atom stereocenters. The molecule has 0 unspecified atom stereocenters. The van der Waals surface area contributed by atoms with Gasteiger partial charge in [-0.25, -0.2) is 0 Å². The maximum atomic E-state index is 5.65. The molecular weight excluding hydrogens is 222 g/mol. The van der Waals surface area contributed by atoms with Crippen LogP contribution in [0.15, 0.2) is 0 Å². The maximum absolute atomic E-state index is 5.65. The van der Waals surface area contributed by atoms with Gasteiger partial charge in [0.25, 0.3) is 0 Å². The molecule has 0 saturated heterocycles. The van der Waals surface area contributed by atoms with E-state index in [0.29, 0.717) is 12.6 Å². The van der Waals surface area contributed by atoms with Crippen LogP contribution in [-0.2, 0) is 13.3 Å². The molecule has 0 amide bonds. The highest BCUT2D eigenvalue weighted by Gasteiger charge is 2.31. The second-order valence-corrected chi connectivity index (χ2v) is 7.24. The summed E-state index contributed by atoms with van der Waals surface area (Å²) < 4.78 is 16.1. The minimum atomic E-state index is -2.32. The summed E-state index contributed by atoms with van der Waals surface area (Å²) in [6.07, 6.45) is 6.74. The molecule has 1 aliphatic rings. The molecule has 0 spiro atoms. The van der Waals surface area contributed by atoms with Crippen molar-refractivity contribution in [2.24, 2.45) is 0 Å². The van der Waals surface area contributed by atoms with Crippen molar-refractivity contribution in [3.63, 3.8) is 0 Å². The van der Waals surface area contributed by atoms with E-state index in [1.165, 1.54) is 32.1 Å². The molecule has 1 aliphatic carbocycles. The SMILES string of the molecule is CO[Si](C)(OC)OCCNC1CCCCC1. The summed E-state index contributed by atoms with van der Waals surface area (Å²) in [5.41, 5.74) is 0. The molecule has 1 fully saturated rings. The Kier molecular flexibility index (Phi) is 6.53. The van der Waals surface area contributed by atoms with E-state index in [1.54, 1.807) is 14.2 Å². The molecule has 0 heterocycles. The quantitative estimate of drug-likeness (QED) is 0.550. The normalized spacial score (nSPS) is 18.9. The van der Waals surface area contributed by atoms with Crippen molar-refractivity contribution in [1.29, 1.82) is 0 Å². The molecule has 4 nitrogen and oxygen atoms in total. The van der Waals surface area contributed by atoms with E-state index in [9.17, 15) is 0 Å². The molecule has 1 rings (SSSR count). The van der Waals surface area contributed by atoms with Gasteiger partial charge in [0.2, 0.25) is 0 Å². The molecule has 0 radical (unpaired) electrons. The third-order valence-electron chi connectivity index (χ3n) is 3.25. The molecule has 0 bridgehead atoms. The van der Waals surface area contributed by atoms with Crippen molar-refractivity contribution >= 4 is 8.80 Å². The summed E-state index contributed by atoms with van der Waals surface area (Å²) in [5, 5.41) is 3.53. The first kappa shape index (κ1) is 14.1. The average molecular weight is 247 g/mol. The largest absolute Gasteiger partial charge is 0.497 e. The van der Waals surface area contributed by atoms with Crippen LogP contribution in [0.1, 0.15) is 32.1 Å². The summed E-state index contributed by atoms with van der Waals surface area (Å²) in [4.78, 5) is 0. The van der Waals surface area contributed by atoms with Crippen molar-refractivity contribution in [3.05, 3.63) is 0 Å². The van der Waals surface area contributed by atoms with Gasteiger partial charge in [-0.15, -0.1) is 0 Å². The zero-order valence-electron chi connectivity index (χ0n) is 10.8. The molecular formula is C11H25NO3Si. The lowest BCUT2D eigenvalue weighted by molar-refractivity contribution is 0.105. The summed E-state index contributed by atoms with van der Waals surface area (Å²) in [6, 6.07) is 0.690. The van der Waals surface area contributed by atoms with Crippen LogP contribution in [0.25, 0.3) is 0 Å². The van der Waals surface area contributed by atoms with Gasteiger partial charge in [0, 0.05) is 33.4 Å². The minimum Gasteiger partial charge on any atom is -0.377 e. The average Bonchev–Trinajstić information content (AvgIpc) is 2.36. The van der Waals surface area contributed by atoms with Crippen LogP contribution in [0.5, 0.6) is 0 Å². The van der Waals surface area contributed by atoms with Gasteiger partial charge in [-0.2, -0.15) is 0 Å². The highest BCUT2D eigenvalue weighted by atomic mass is 28.4. The van der Waals surface area contributed by atoms with Gasteiger partial charge in [-0.1, -0.05) is 19.3 Å². The van der Waals surface area contributed by atoms with Gasteiger partial charge in [0.1, 0.15) is 0 Å². The first-order valence-corrected chi connectivity index (χ1v) is 8.40. The fraction of sp³-hybridized carbons (Fsp3) is 1.00. The Morgan fingerprint density at radius 3 is 2.31 bits per heavy atom. The lowest BCUT2D eigenvalue weighted by Gasteiger charge is -2.25. The Hall–Kier alpha value is 0.0569. The molecule has 1 saturated carbocycles. The van der Waals surface area contributed by atoms with E-state index in [0.717, 1.165) is 6.54 Å². The summed E-state index contributed by atoms with van der Waals surface area (Å²) >= 11 is 0. The van der Waals surface area contributed by atoms with Gasteiger partial charge in [0.15, 0.2) is 0 Å². The van der Waals surface area contributed by atoms with E-state index in [4.69, 9.17) is 13.3 Å². The van der Waals surface area contributed by atoms with Gasteiger partial charge < -0.3 is 18.6 Å². The molecule has 96 valence electrons. The van der Waals surface area contributed by atoms with Gasteiger partial charge in [-0.05, 0) is 12.8 Å². The van der Waals surface area contributed by atoms with Crippen LogP contribution >= 0.6 is 0 Å². The van der Waals surface area contributed by atoms with Crippen molar-refractivity contribution in [3.8, 4) is 0 Å². The van der Waals surface area contributed by atoms with Crippen molar-refractivity contribution in [2.75, 3.05) is 27.4 Å². The Morgan fingerprint density at radius 1 is 1.12 bits per heavy atom. The molecule has 5 heteroatoms. The van der Waals surface area contributed by atoms with Crippen LogP contribution < -0.4 is 5.32 Å². The van der Waals surface area contributed by atoms with E-state index in [2.05, 4.69) is 5.32 Å². The monoisotopic (exact) mass is 247 g/mol. The van der Waals surface area contributed by atoms with Gasteiger partial charge in [-0.3, -0.25) is 0 Å². The molecule has 1 N–H and O–H groups in total. The van der Waals surface area contributed by atoms with Crippen LogP contribution in [0.2, 0.25) is 6.55 Å². The fourth-order valence-electron chi connectivity index (χ4n) is 2.01. The summed E-state index contributed by atoms with van der Waals surface area (Å²) in [6.45, 7) is 3.47. The standard InChI is InChI=1S/C11H25NO3Si/c1-13-16(3,14-2)15-10-9-12-11-7-5-4-6-8-11/h11-12H,4-10H2,1-3H3. The third-order valence-corrected chi connectivity index (χ3v) is 5.46. The first-order chi connectivity index (χ1) is 7.70. The highest BCUT2D eigenvalue weighted by molar-refractivity contribution is 6.59. The van der Waals surface area contributed by atoms with Crippen LogP contribution in [0, 0.1) is 0 Å². The second-order valence-electron chi connectivity index (χ2n) is 4.41. The minimum absolute atomic E-state index is 0.668. The van der Waals surface area contributed by atoms with E-state index in [-0.39, 0.29) is 0 Å². The highest BCUT2D eigenvalue weighted by Crippen LogP contribution is 2.17. The Morgan fingerprint density at radius 2 is 1.75 bits per heavy atom. The Balaban J connectivity index is 2.06. The molecule has 0 aromatic heterocycles. The number of rotatable bonds is 7. The zero-order valence-corrected chi connectivity index (χ0v) is 11.8. The summed E-state index contributed by atoms with van der Waals surface area (Å²) in [7, 11) is 0.962. The van der Waals surface area contributed by atoms with Crippen LogP contribution in [0.3, 0.4) is 0 Å². The predicted molar refractivity (Wildman–Crippen MR) is 66.5 cm³/mol. The second kappa shape index (κ2) is 7.40. The maximum Gasteiger partial charge on any atom is 0.497 e. The van der Waals surface area contributed by atoms with Crippen molar-refractivity contribution < 1.29 is 13.3 Å². The Bertz CT molecular complexity index is 182. The zero-order chi connectivity index (χ0) is 11.9. The third kappa shape index (κ3) is 4.93. The lowest BCUT2D eigenvalue weighted by Crippen LogP contribution is -2.43. The topological polar surface area (TPSA) is 39.7 Å². The van der Waals surface area contributed by atoms with Gasteiger partial charge in [0.05, 0.1) is 6.61 Å². The number of nitrogens with one attached hydrogen (secondary N) is 1.